The molecule has 0 unspecified atom stereocenters. The highest BCUT2D eigenvalue weighted by Crippen LogP contribution is 2.12. The molecule has 0 aliphatic heterocycles. The highest BCUT2D eigenvalue weighted by atomic mass is 16.3. The summed E-state index contributed by atoms with van der Waals surface area (Å²) in [5.41, 5.74) is 1.11. The van der Waals surface area contributed by atoms with Gasteiger partial charge in [-0.3, -0.25) is 0 Å². The number of rotatable bonds is 5. The molecule has 0 saturated carbocycles. The van der Waals surface area contributed by atoms with Crippen LogP contribution in [-0.4, -0.2) is 11.2 Å². The lowest BCUT2D eigenvalue weighted by atomic mass is 9.99. The Morgan fingerprint density at radius 1 is 1.33 bits per heavy atom. The van der Waals surface area contributed by atoms with E-state index < -0.39 is 6.10 Å². The van der Waals surface area contributed by atoms with Gasteiger partial charge in [-0.2, -0.15) is 0 Å². The summed E-state index contributed by atoms with van der Waals surface area (Å²) in [7, 11) is 0. The van der Waals surface area contributed by atoms with Crippen LogP contribution in [0.15, 0.2) is 49.1 Å². The lowest BCUT2D eigenvalue weighted by Crippen LogP contribution is -2.14. The summed E-state index contributed by atoms with van der Waals surface area (Å²) < 4.78 is 0. The van der Waals surface area contributed by atoms with Crippen molar-refractivity contribution >= 4 is 6.08 Å². The molecule has 0 fully saturated rings. The molecule has 0 radical (unpaired) electrons. The standard InChI is InChI=1S/C14H18O/c1-3-13(4-2)14(15)11-10-12-8-6-5-7-9-12/h3,5-11,13-15H,1,4H2,2H3/b11-10+/t13-,14-/m0/s1. The fourth-order valence-corrected chi connectivity index (χ4v) is 1.46. The van der Waals surface area contributed by atoms with Crippen LogP contribution in [0.1, 0.15) is 18.9 Å². The Balaban J connectivity index is 2.61. The summed E-state index contributed by atoms with van der Waals surface area (Å²) in [6.45, 7) is 5.76. The van der Waals surface area contributed by atoms with Crippen LogP contribution in [0, 0.1) is 5.92 Å². The van der Waals surface area contributed by atoms with E-state index in [4.69, 9.17) is 0 Å². The fourth-order valence-electron chi connectivity index (χ4n) is 1.46. The molecule has 1 aromatic carbocycles. The van der Waals surface area contributed by atoms with Crippen LogP contribution < -0.4 is 0 Å². The molecule has 2 atom stereocenters. The Morgan fingerprint density at radius 2 is 2.00 bits per heavy atom. The summed E-state index contributed by atoms with van der Waals surface area (Å²) in [6, 6.07) is 9.97. The summed E-state index contributed by atoms with van der Waals surface area (Å²) in [5.74, 6) is 0.143. The highest BCUT2D eigenvalue weighted by Gasteiger charge is 2.09. The van der Waals surface area contributed by atoms with E-state index in [1.165, 1.54) is 0 Å². The molecular weight excluding hydrogens is 184 g/mol. The van der Waals surface area contributed by atoms with Crippen LogP contribution in [0.3, 0.4) is 0 Å². The molecule has 15 heavy (non-hydrogen) atoms. The molecule has 0 aliphatic carbocycles. The normalized spacial score (nSPS) is 15.1. The molecule has 0 aliphatic rings. The predicted octanol–water partition coefficient (Wildman–Crippen LogP) is 3.27. The van der Waals surface area contributed by atoms with Crippen molar-refractivity contribution in [2.24, 2.45) is 5.92 Å². The van der Waals surface area contributed by atoms with E-state index in [9.17, 15) is 5.11 Å². The van der Waals surface area contributed by atoms with Crippen LogP contribution in [-0.2, 0) is 0 Å². The van der Waals surface area contributed by atoms with Crippen molar-refractivity contribution in [3.8, 4) is 0 Å². The van der Waals surface area contributed by atoms with Gasteiger partial charge in [0.05, 0.1) is 6.10 Å². The average molecular weight is 202 g/mol. The van der Waals surface area contributed by atoms with Gasteiger partial charge in [0.15, 0.2) is 0 Å². The van der Waals surface area contributed by atoms with Crippen LogP contribution in [0.25, 0.3) is 6.08 Å². The van der Waals surface area contributed by atoms with Crippen molar-refractivity contribution in [1.29, 1.82) is 0 Å². The molecule has 1 aromatic rings. The van der Waals surface area contributed by atoms with Crippen molar-refractivity contribution in [3.05, 3.63) is 54.6 Å². The molecule has 0 saturated heterocycles. The summed E-state index contributed by atoms with van der Waals surface area (Å²) in [5, 5.41) is 9.81. The van der Waals surface area contributed by atoms with Gasteiger partial charge in [0.25, 0.3) is 0 Å². The Morgan fingerprint density at radius 3 is 2.53 bits per heavy atom. The molecule has 0 aromatic heterocycles. The first-order valence-corrected chi connectivity index (χ1v) is 5.31. The highest BCUT2D eigenvalue weighted by molar-refractivity contribution is 5.49. The van der Waals surface area contributed by atoms with Crippen molar-refractivity contribution in [1.82, 2.24) is 0 Å². The first-order chi connectivity index (χ1) is 7.27. The van der Waals surface area contributed by atoms with Gasteiger partial charge in [-0.25, -0.2) is 0 Å². The maximum absolute atomic E-state index is 9.81. The van der Waals surface area contributed by atoms with Crippen LogP contribution >= 0.6 is 0 Å². The van der Waals surface area contributed by atoms with Crippen LogP contribution in [0.2, 0.25) is 0 Å². The fraction of sp³-hybridized carbons (Fsp3) is 0.286. The number of hydrogen-bond acceptors (Lipinski definition) is 1. The molecule has 1 rings (SSSR count). The van der Waals surface area contributed by atoms with Crippen molar-refractivity contribution < 1.29 is 5.11 Å². The van der Waals surface area contributed by atoms with E-state index >= 15 is 0 Å². The molecule has 80 valence electrons. The second-order valence-electron chi connectivity index (χ2n) is 3.57. The van der Waals surface area contributed by atoms with Crippen molar-refractivity contribution in [2.45, 2.75) is 19.4 Å². The van der Waals surface area contributed by atoms with Gasteiger partial charge in [-0.15, -0.1) is 6.58 Å². The van der Waals surface area contributed by atoms with Crippen molar-refractivity contribution in [3.63, 3.8) is 0 Å². The molecular formula is C14H18O. The third-order valence-corrected chi connectivity index (χ3v) is 2.50. The smallest absolute Gasteiger partial charge is 0.0786 e. The third kappa shape index (κ3) is 3.72. The minimum Gasteiger partial charge on any atom is -0.388 e. The van der Waals surface area contributed by atoms with Gasteiger partial charge in [-0.05, 0) is 12.0 Å². The molecule has 0 heterocycles. The topological polar surface area (TPSA) is 20.2 Å². The first-order valence-electron chi connectivity index (χ1n) is 5.31. The average Bonchev–Trinajstić information content (AvgIpc) is 2.29. The second kappa shape index (κ2) is 6.20. The zero-order chi connectivity index (χ0) is 11.1. The Kier molecular flexibility index (Phi) is 4.85. The van der Waals surface area contributed by atoms with Gasteiger partial charge in [0.1, 0.15) is 0 Å². The number of hydrogen-bond donors (Lipinski definition) is 1. The van der Waals surface area contributed by atoms with Crippen LogP contribution in [0.5, 0.6) is 0 Å². The number of benzene rings is 1. The largest absolute Gasteiger partial charge is 0.388 e. The van der Waals surface area contributed by atoms with Crippen LogP contribution in [0.4, 0.5) is 0 Å². The minimum absolute atomic E-state index is 0.143. The van der Waals surface area contributed by atoms with Gasteiger partial charge >= 0.3 is 0 Å². The lowest BCUT2D eigenvalue weighted by Gasteiger charge is -2.13. The summed E-state index contributed by atoms with van der Waals surface area (Å²) >= 11 is 0. The predicted molar refractivity (Wildman–Crippen MR) is 65.5 cm³/mol. The summed E-state index contributed by atoms with van der Waals surface area (Å²) in [6.07, 6.45) is 6.04. The van der Waals surface area contributed by atoms with E-state index in [0.717, 1.165) is 12.0 Å². The SMILES string of the molecule is C=C[C@@H](CC)[C@@H](O)/C=C/c1ccccc1. The van der Waals surface area contributed by atoms with Crippen molar-refractivity contribution in [2.75, 3.05) is 0 Å². The van der Waals surface area contributed by atoms with Gasteiger partial charge in [0, 0.05) is 5.92 Å². The number of aliphatic hydroxyl groups excluding tert-OH is 1. The Hall–Kier alpha value is -1.34. The Labute approximate surface area is 91.8 Å². The lowest BCUT2D eigenvalue weighted by molar-refractivity contribution is 0.175. The molecule has 1 heteroatoms. The molecule has 0 amide bonds. The number of aliphatic hydroxyl groups is 1. The van der Waals surface area contributed by atoms with E-state index in [2.05, 4.69) is 6.58 Å². The van der Waals surface area contributed by atoms with E-state index in [0.29, 0.717) is 0 Å². The maximum Gasteiger partial charge on any atom is 0.0786 e. The quantitative estimate of drug-likeness (QED) is 0.726. The second-order valence-corrected chi connectivity index (χ2v) is 3.57. The molecule has 0 bridgehead atoms. The molecule has 0 spiro atoms. The summed E-state index contributed by atoms with van der Waals surface area (Å²) in [4.78, 5) is 0. The van der Waals surface area contributed by atoms with E-state index in [1.807, 2.05) is 49.4 Å². The zero-order valence-electron chi connectivity index (χ0n) is 9.13. The van der Waals surface area contributed by atoms with Gasteiger partial charge in [-0.1, -0.05) is 55.5 Å². The minimum atomic E-state index is -0.437. The molecule has 1 nitrogen and oxygen atoms in total. The van der Waals surface area contributed by atoms with E-state index in [1.54, 1.807) is 6.08 Å². The van der Waals surface area contributed by atoms with Gasteiger partial charge < -0.3 is 5.11 Å². The monoisotopic (exact) mass is 202 g/mol. The zero-order valence-corrected chi connectivity index (χ0v) is 9.13. The molecule has 1 N–H and O–H groups in total. The Bertz CT molecular complexity index is 313. The maximum atomic E-state index is 9.81. The first kappa shape index (κ1) is 11.7. The van der Waals surface area contributed by atoms with Gasteiger partial charge in [0.2, 0.25) is 0 Å². The third-order valence-electron chi connectivity index (χ3n) is 2.50. The van der Waals surface area contributed by atoms with E-state index in [-0.39, 0.29) is 5.92 Å².